The molecule has 0 bridgehead atoms. The highest BCUT2D eigenvalue weighted by atomic mass is 32.2. The highest BCUT2D eigenvalue weighted by molar-refractivity contribution is 7.89. The van der Waals surface area contributed by atoms with Crippen LogP contribution in [0.25, 0.3) is 0 Å². The van der Waals surface area contributed by atoms with Crippen LogP contribution in [0.2, 0.25) is 0 Å². The molecular weight excluding hydrogens is 262 g/mol. The fourth-order valence-corrected chi connectivity index (χ4v) is 4.12. The molecule has 0 aromatic heterocycles. The molecule has 1 aliphatic heterocycles. The summed E-state index contributed by atoms with van der Waals surface area (Å²) in [6.45, 7) is 3.19. The van der Waals surface area contributed by atoms with Crippen molar-refractivity contribution >= 4 is 15.7 Å². The van der Waals surface area contributed by atoms with Crippen molar-refractivity contribution in [2.24, 2.45) is 5.92 Å². The normalized spacial score (nSPS) is 25.1. The van der Waals surface area contributed by atoms with Gasteiger partial charge in [-0.05, 0) is 44.3 Å². The number of nitrogens with two attached hydrogens (primary N) is 1. The molecule has 1 aliphatic rings. The van der Waals surface area contributed by atoms with Crippen molar-refractivity contribution in [2.45, 2.75) is 17.9 Å². The number of sulfonamides is 1. The summed E-state index contributed by atoms with van der Waals surface area (Å²) in [5.74, 6) is 0.332. The molecule has 2 atom stereocenters. The summed E-state index contributed by atoms with van der Waals surface area (Å²) >= 11 is 0. The molecule has 1 aromatic rings. The first-order chi connectivity index (χ1) is 8.82. The van der Waals surface area contributed by atoms with E-state index in [4.69, 9.17) is 5.73 Å². The summed E-state index contributed by atoms with van der Waals surface area (Å²) < 4.78 is 26.6. The number of benzene rings is 1. The molecule has 2 rings (SSSR count). The molecule has 0 aliphatic carbocycles. The molecule has 106 valence electrons. The van der Waals surface area contributed by atoms with Gasteiger partial charge in [-0.2, -0.15) is 4.31 Å². The minimum atomic E-state index is -3.40. The van der Waals surface area contributed by atoms with E-state index in [1.54, 1.807) is 28.6 Å². The van der Waals surface area contributed by atoms with E-state index >= 15 is 0 Å². The van der Waals surface area contributed by atoms with Crippen molar-refractivity contribution in [3.05, 3.63) is 24.3 Å². The molecule has 2 unspecified atom stereocenters. The Bertz CT molecular complexity index is 540. The second kappa shape index (κ2) is 5.11. The van der Waals surface area contributed by atoms with Crippen molar-refractivity contribution in [2.75, 3.05) is 32.9 Å². The van der Waals surface area contributed by atoms with Crippen molar-refractivity contribution in [1.82, 2.24) is 9.21 Å². The minimum Gasteiger partial charge on any atom is -0.399 e. The maximum atomic E-state index is 12.5. The van der Waals surface area contributed by atoms with Crippen LogP contribution < -0.4 is 5.73 Å². The summed E-state index contributed by atoms with van der Waals surface area (Å²) in [7, 11) is 0.570. The summed E-state index contributed by atoms with van der Waals surface area (Å²) in [6, 6.07) is 6.64. The second-order valence-corrected chi connectivity index (χ2v) is 7.34. The second-order valence-electron chi connectivity index (χ2n) is 5.40. The molecule has 5 nitrogen and oxygen atoms in total. The molecule has 0 amide bonds. The lowest BCUT2D eigenvalue weighted by atomic mass is 10.1. The van der Waals surface area contributed by atoms with Gasteiger partial charge in [0.1, 0.15) is 0 Å². The van der Waals surface area contributed by atoms with Crippen LogP contribution in [0.3, 0.4) is 0 Å². The Hall–Kier alpha value is -1.11. The van der Waals surface area contributed by atoms with Crippen LogP contribution in [0, 0.1) is 5.92 Å². The zero-order valence-electron chi connectivity index (χ0n) is 11.6. The number of hydrogen-bond acceptors (Lipinski definition) is 4. The van der Waals surface area contributed by atoms with Crippen molar-refractivity contribution in [3.63, 3.8) is 0 Å². The van der Waals surface area contributed by atoms with Crippen molar-refractivity contribution in [3.8, 4) is 0 Å². The SMILES string of the molecule is CC1CN(S(=O)(=O)c2ccc(N)cc2)CC1N(C)C. The third-order valence-electron chi connectivity index (χ3n) is 3.72. The lowest BCUT2D eigenvalue weighted by Gasteiger charge is -2.22. The van der Waals surface area contributed by atoms with Crippen LogP contribution in [0.1, 0.15) is 6.92 Å². The number of nitrogen functional groups attached to an aromatic ring is 1. The van der Waals surface area contributed by atoms with Crippen LogP contribution in [0.5, 0.6) is 0 Å². The molecule has 1 heterocycles. The van der Waals surface area contributed by atoms with Gasteiger partial charge in [-0.15, -0.1) is 0 Å². The maximum absolute atomic E-state index is 12.5. The summed E-state index contributed by atoms with van der Waals surface area (Å²) in [6.07, 6.45) is 0. The Balaban J connectivity index is 2.24. The van der Waals surface area contributed by atoms with Crippen LogP contribution in [0.15, 0.2) is 29.2 Å². The standard InChI is InChI=1S/C13H21N3O2S/c1-10-8-16(9-13(10)15(2)3)19(17,18)12-6-4-11(14)5-7-12/h4-7,10,13H,8-9,14H2,1-3H3. The summed E-state index contributed by atoms with van der Waals surface area (Å²) in [5.41, 5.74) is 6.16. The monoisotopic (exact) mass is 283 g/mol. The number of anilines is 1. The zero-order chi connectivity index (χ0) is 14.2. The fraction of sp³-hybridized carbons (Fsp3) is 0.538. The lowest BCUT2D eigenvalue weighted by Crippen LogP contribution is -2.35. The number of likely N-dealkylation sites (N-methyl/N-ethyl adjacent to an activating group) is 1. The van der Waals surface area contributed by atoms with Gasteiger partial charge in [-0.1, -0.05) is 6.92 Å². The largest absolute Gasteiger partial charge is 0.399 e. The lowest BCUT2D eigenvalue weighted by molar-refractivity contribution is 0.263. The van der Waals surface area contributed by atoms with E-state index in [9.17, 15) is 8.42 Å². The molecule has 0 spiro atoms. The fourth-order valence-electron chi connectivity index (χ4n) is 2.56. The van der Waals surface area contributed by atoms with Gasteiger partial charge in [0.25, 0.3) is 0 Å². The maximum Gasteiger partial charge on any atom is 0.243 e. The molecule has 1 saturated heterocycles. The molecule has 0 radical (unpaired) electrons. The van der Waals surface area contributed by atoms with E-state index in [0.29, 0.717) is 29.6 Å². The van der Waals surface area contributed by atoms with Crippen LogP contribution >= 0.6 is 0 Å². The predicted molar refractivity (Wildman–Crippen MR) is 76.3 cm³/mol. The Labute approximate surface area is 115 Å². The first-order valence-electron chi connectivity index (χ1n) is 6.34. The number of hydrogen-bond donors (Lipinski definition) is 1. The van der Waals surface area contributed by atoms with E-state index in [-0.39, 0.29) is 6.04 Å². The van der Waals surface area contributed by atoms with E-state index in [1.807, 2.05) is 14.1 Å². The van der Waals surface area contributed by atoms with Crippen molar-refractivity contribution in [1.29, 1.82) is 0 Å². The van der Waals surface area contributed by atoms with Crippen molar-refractivity contribution < 1.29 is 8.42 Å². The van der Waals surface area contributed by atoms with Gasteiger partial charge >= 0.3 is 0 Å². The van der Waals surface area contributed by atoms with Gasteiger partial charge in [-0.25, -0.2) is 8.42 Å². The first-order valence-corrected chi connectivity index (χ1v) is 7.78. The third kappa shape index (κ3) is 2.75. The quantitative estimate of drug-likeness (QED) is 0.835. The summed E-state index contributed by atoms with van der Waals surface area (Å²) in [4.78, 5) is 2.40. The predicted octanol–water partition coefficient (Wildman–Crippen LogP) is 0.839. The Kier molecular flexibility index (Phi) is 3.85. The van der Waals surface area contributed by atoms with E-state index in [1.165, 1.54) is 0 Å². The first kappa shape index (κ1) is 14.3. The van der Waals surface area contributed by atoms with Crippen LogP contribution in [-0.2, 0) is 10.0 Å². The minimum absolute atomic E-state index is 0.267. The molecular formula is C13H21N3O2S. The molecule has 1 aromatic carbocycles. The van der Waals surface area contributed by atoms with E-state index in [0.717, 1.165) is 0 Å². The molecule has 19 heavy (non-hydrogen) atoms. The third-order valence-corrected chi connectivity index (χ3v) is 5.57. The van der Waals surface area contributed by atoms with Gasteiger partial charge in [0.15, 0.2) is 0 Å². The number of rotatable bonds is 3. The number of nitrogens with zero attached hydrogens (tertiary/aromatic N) is 2. The van der Waals surface area contributed by atoms with Crippen LogP contribution in [0.4, 0.5) is 5.69 Å². The topological polar surface area (TPSA) is 66.6 Å². The van der Waals surface area contributed by atoms with E-state index < -0.39 is 10.0 Å². The molecule has 0 saturated carbocycles. The average molecular weight is 283 g/mol. The van der Waals surface area contributed by atoms with Crippen LogP contribution in [-0.4, -0.2) is 50.8 Å². The highest BCUT2D eigenvalue weighted by Gasteiger charge is 2.37. The zero-order valence-corrected chi connectivity index (χ0v) is 12.4. The van der Waals surface area contributed by atoms with Gasteiger partial charge in [0.05, 0.1) is 4.90 Å². The van der Waals surface area contributed by atoms with E-state index in [2.05, 4.69) is 11.8 Å². The average Bonchev–Trinajstić information content (AvgIpc) is 2.72. The highest BCUT2D eigenvalue weighted by Crippen LogP contribution is 2.26. The Morgan fingerprint density at radius 2 is 1.79 bits per heavy atom. The molecule has 2 N–H and O–H groups in total. The smallest absolute Gasteiger partial charge is 0.243 e. The van der Waals surface area contributed by atoms with Gasteiger partial charge in [0, 0.05) is 24.8 Å². The molecule has 6 heteroatoms. The van der Waals surface area contributed by atoms with Gasteiger partial charge in [-0.3, -0.25) is 0 Å². The summed E-state index contributed by atoms with van der Waals surface area (Å²) in [5, 5.41) is 0. The molecule has 1 fully saturated rings. The Morgan fingerprint density at radius 1 is 1.21 bits per heavy atom. The van der Waals surface area contributed by atoms with Gasteiger partial charge < -0.3 is 10.6 Å². The van der Waals surface area contributed by atoms with Gasteiger partial charge in [0.2, 0.25) is 10.0 Å². The Morgan fingerprint density at radius 3 is 2.26 bits per heavy atom.